The van der Waals surface area contributed by atoms with Gasteiger partial charge in [0.25, 0.3) is 0 Å². The minimum atomic E-state index is 0.285. The van der Waals surface area contributed by atoms with Gasteiger partial charge in [0.15, 0.2) is 0 Å². The van der Waals surface area contributed by atoms with Crippen LogP contribution in [0.2, 0.25) is 0 Å². The van der Waals surface area contributed by atoms with Crippen LogP contribution in [-0.2, 0) is 0 Å². The van der Waals surface area contributed by atoms with E-state index < -0.39 is 0 Å². The van der Waals surface area contributed by atoms with Crippen LogP contribution in [0.25, 0.3) is 27.5 Å². The summed E-state index contributed by atoms with van der Waals surface area (Å²) in [4.78, 5) is 5.65. The molecule has 0 atom stereocenters. The Hall–Kier alpha value is -3.27. The van der Waals surface area contributed by atoms with Crippen molar-refractivity contribution in [1.29, 1.82) is 0 Å². The molecule has 6 aromatic rings. The number of nitrogens with zero attached hydrogens (tertiary/aromatic N) is 1. The Balaban J connectivity index is 1.51. The van der Waals surface area contributed by atoms with Crippen molar-refractivity contribution >= 4 is 91.5 Å². The van der Waals surface area contributed by atoms with Crippen LogP contribution >= 0.6 is 23.5 Å². The highest BCUT2D eigenvalue weighted by molar-refractivity contribution is 8.01. The standard InChI is InChI=1S/C30H15B2NS2/c1-3-13-22-18(9-1)31-20-11-5-7-16-17-8-6-12-21-29(17)33(28(16)20)30-26(31)24(34-22)15-25-27(30)32(21)19-10-2-4-14-23(19)35-25/h1-15H. The van der Waals surface area contributed by atoms with Gasteiger partial charge in [-0.15, -0.1) is 0 Å². The second-order valence-corrected chi connectivity index (χ2v) is 12.2. The Bertz CT molecular complexity index is 1850. The molecule has 0 fully saturated rings. The Morgan fingerprint density at radius 2 is 0.971 bits per heavy atom. The third kappa shape index (κ3) is 1.93. The zero-order valence-corrected chi connectivity index (χ0v) is 20.2. The maximum Gasteiger partial charge on any atom is 0.249 e. The molecule has 0 aliphatic carbocycles. The number of fused-ring (bicyclic) bond motifs is 7. The molecule has 0 radical (unpaired) electrons. The lowest BCUT2D eigenvalue weighted by Crippen LogP contribution is -2.65. The van der Waals surface area contributed by atoms with E-state index in [9.17, 15) is 0 Å². The summed E-state index contributed by atoms with van der Waals surface area (Å²) in [6.45, 7) is 0.570. The van der Waals surface area contributed by atoms with Crippen LogP contribution in [0.4, 0.5) is 0 Å². The molecule has 158 valence electrons. The molecule has 35 heavy (non-hydrogen) atoms. The van der Waals surface area contributed by atoms with Crippen molar-refractivity contribution in [2.45, 2.75) is 19.6 Å². The summed E-state index contributed by atoms with van der Waals surface area (Å²) in [7, 11) is 0. The van der Waals surface area contributed by atoms with Gasteiger partial charge in [0.05, 0.1) is 0 Å². The first-order chi connectivity index (χ1) is 17.4. The van der Waals surface area contributed by atoms with Crippen molar-refractivity contribution < 1.29 is 0 Å². The molecule has 0 saturated carbocycles. The summed E-state index contributed by atoms with van der Waals surface area (Å²) >= 11 is 3.92. The van der Waals surface area contributed by atoms with Crippen molar-refractivity contribution in [2.75, 3.05) is 0 Å². The summed E-state index contributed by atoms with van der Waals surface area (Å²) in [5, 5.41) is 2.78. The average molecular weight is 475 g/mol. The average Bonchev–Trinajstić information content (AvgIpc) is 3.25. The topological polar surface area (TPSA) is 4.93 Å². The van der Waals surface area contributed by atoms with Crippen molar-refractivity contribution in [1.82, 2.24) is 4.57 Å². The first-order valence-electron chi connectivity index (χ1n) is 12.2. The monoisotopic (exact) mass is 475 g/mol. The fourth-order valence-electron chi connectivity index (χ4n) is 7.30. The summed E-state index contributed by atoms with van der Waals surface area (Å²) in [5.41, 5.74) is 13.1. The van der Waals surface area contributed by atoms with Gasteiger partial charge in [0.1, 0.15) is 0 Å². The molecule has 1 aromatic heterocycles. The lowest BCUT2D eigenvalue weighted by atomic mass is 9.31. The molecule has 0 bridgehead atoms. The van der Waals surface area contributed by atoms with Gasteiger partial charge >= 0.3 is 0 Å². The van der Waals surface area contributed by atoms with Crippen molar-refractivity contribution in [3.05, 3.63) is 91.0 Å². The molecule has 0 saturated heterocycles. The van der Waals surface area contributed by atoms with Crippen LogP contribution in [0.15, 0.2) is 111 Å². The highest BCUT2D eigenvalue weighted by Gasteiger charge is 2.47. The maximum absolute atomic E-state index is 2.66. The highest BCUT2D eigenvalue weighted by Crippen LogP contribution is 2.43. The molecular weight excluding hydrogens is 460 g/mol. The third-order valence-corrected chi connectivity index (χ3v) is 10.8. The van der Waals surface area contributed by atoms with E-state index in [4.69, 9.17) is 0 Å². The highest BCUT2D eigenvalue weighted by atomic mass is 32.2. The lowest BCUT2D eigenvalue weighted by molar-refractivity contribution is 1.16. The molecule has 4 aliphatic heterocycles. The van der Waals surface area contributed by atoms with Crippen LogP contribution < -0.4 is 32.8 Å². The number of para-hydroxylation sites is 2. The number of aromatic nitrogens is 1. The van der Waals surface area contributed by atoms with Gasteiger partial charge in [-0.05, 0) is 40.1 Å². The summed E-state index contributed by atoms with van der Waals surface area (Å²) < 4.78 is 2.66. The van der Waals surface area contributed by atoms with Gasteiger partial charge in [-0.25, -0.2) is 0 Å². The summed E-state index contributed by atoms with van der Waals surface area (Å²) in [6.07, 6.45) is 0. The molecule has 1 nitrogen and oxygen atoms in total. The Labute approximate surface area is 211 Å². The minimum absolute atomic E-state index is 0.285. The molecule has 0 N–H and O–H groups in total. The van der Waals surface area contributed by atoms with Crippen LogP contribution in [-0.4, -0.2) is 18.0 Å². The Kier molecular flexibility index (Phi) is 3.06. The smallest absolute Gasteiger partial charge is 0.249 e. The molecule has 0 spiro atoms. The van der Waals surface area contributed by atoms with Crippen molar-refractivity contribution in [3.8, 4) is 5.69 Å². The Morgan fingerprint density at radius 1 is 0.486 bits per heavy atom. The van der Waals surface area contributed by atoms with Crippen LogP contribution in [0.1, 0.15) is 0 Å². The normalized spacial score (nSPS) is 15.1. The number of rotatable bonds is 0. The summed E-state index contributed by atoms with van der Waals surface area (Å²) in [5.74, 6) is 0. The molecule has 10 rings (SSSR count). The van der Waals surface area contributed by atoms with Crippen LogP contribution in [0.3, 0.4) is 0 Å². The SMILES string of the molecule is c1ccc2c(c1)Sc1cc3c4c5c1B2c1cccc2c6cccc(c6n-5c12)B4c1ccccc1S3. The van der Waals surface area contributed by atoms with Gasteiger partial charge < -0.3 is 4.57 Å². The molecule has 0 unspecified atom stereocenters. The van der Waals surface area contributed by atoms with E-state index in [1.165, 1.54) is 79.9 Å². The van der Waals surface area contributed by atoms with E-state index in [0.717, 1.165) is 0 Å². The predicted molar refractivity (Wildman–Crippen MR) is 151 cm³/mol. The zero-order valence-electron chi connectivity index (χ0n) is 18.6. The van der Waals surface area contributed by atoms with Gasteiger partial charge in [-0.2, -0.15) is 0 Å². The molecule has 0 amide bonds. The van der Waals surface area contributed by atoms with Crippen molar-refractivity contribution in [2.24, 2.45) is 0 Å². The lowest BCUT2D eigenvalue weighted by Gasteiger charge is -2.40. The van der Waals surface area contributed by atoms with E-state index in [1.807, 2.05) is 23.5 Å². The Morgan fingerprint density at radius 3 is 1.51 bits per heavy atom. The largest absolute Gasteiger partial charge is 0.311 e. The van der Waals surface area contributed by atoms with E-state index >= 15 is 0 Å². The van der Waals surface area contributed by atoms with Crippen LogP contribution in [0, 0.1) is 0 Å². The van der Waals surface area contributed by atoms with Gasteiger partial charge in [0.2, 0.25) is 13.4 Å². The fourth-order valence-corrected chi connectivity index (χ4v) is 9.75. The minimum Gasteiger partial charge on any atom is -0.311 e. The number of hydrogen-bond acceptors (Lipinski definition) is 2. The first-order valence-corrected chi connectivity index (χ1v) is 13.8. The molecule has 5 heteroatoms. The zero-order chi connectivity index (χ0) is 22.4. The second-order valence-electron chi connectivity index (χ2n) is 10.0. The molecule has 4 aliphatic rings. The van der Waals surface area contributed by atoms with E-state index in [1.54, 1.807) is 0 Å². The molecule has 5 heterocycles. The van der Waals surface area contributed by atoms with Gasteiger partial charge in [0, 0.05) is 47.1 Å². The number of benzene rings is 5. The maximum atomic E-state index is 2.66. The predicted octanol–water partition coefficient (Wildman–Crippen LogP) is 3.37. The number of hydrogen-bond donors (Lipinski definition) is 0. The summed E-state index contributed by atoms with van der Waals surface area (Å²) in [6, 6.07) is 34.6. The first kappa shape index (κ1) is 18.1. The second kappa shape index (κ2) is 5.92. The third-order valence-electron chi connectivity index (χ3n) is 8.50. The van der Waals surface area contributed by atoms with E-state index in [2.05, 4.69) is 95.6 Å². The van der Waals surface area contributed by atoms with Crippen LogP contribution in [0.5, 0.6) is 0 Å². The quantitative estimate of drug-likeness (QED) is 0.310. The van der Waals surface area contributed by atoms with E-state index in [-0.39, 0.29) is 13.4 Å². The molecule has 5 aromatic carbocycles. The van der Waals surface area contributed by atoms with Crippen molar-refractivity contribution in [3.63, 3.8) is 0 Å². The molecular formula is C30H15B2NS2. The van der Waals surface area contributed by atoms with Gasteiger partial charge in [-0.1, -0.05) is 107 Å². The van der Waals surface area contributed by atoms with E-state index in [0.29, 0.717) is 0 Å². The fraction of sp³-hybridized carbons (Fsp3) is 0. The van der Waals surface area contributed by atoms with Gasteiger partial charge in [-0.3, -0.25) is 0 Å².